The fourth-order valence-electron chi connectivity index (χ4n) is 3.97. The van der Waals surface area contributed by atoms with Gasteiger partial charge in [-0.15, -0.1) is 0 Å². The zero-order chi connectivity index (χ0) is 21.6. The number of nitrogens with one attached hydrogen (secondary N) is 2. The summed E-state index contributed by atoms with van der Waals surface area (Å²) in [5.74, 6) is 0.287. The van der Waals surface area contributed by atoms with Gasteiger partial charge < -0.3 is 20.8 Å². The van der Waals surface area contributed by atoms with Crippen molar-refractivity contribution in [1.82, 2.24) is 15.3 Å². The molecule has 1 aliphatic rings. The molecule has 2 aromatic carbocycles. The molecule has 1 aromatic heterocycles. The highest BCUT2D eigenvalue weighted by molar-refractivity contribution is 5.98. The Morgan fingerprint density at radius 2 is 1.87 bits per heavy atom. The van der Waals surface area contributed by atoms with Gasteiger partial charge in [-0.25, -0.2) is 9.97 Å². The van der Waals surface area contributed by atoms with Crippen LogP contribution in [0.5, 0.6) is 0 Å². The SMILES string of the molecule is O=C(N[C@H](CO)Cc1ccccc1)c1ccc2cnc(N[C@H]3CC[C@H](O)CC3)nc2c1. The summed E-state index contributed by atoms with van der Waals surface area (Å²) in [6.45, 7) is -0.138. The summed E-state index contributed by atoms with van der Waals surface area (Å²) in [5.41, 5.74) is 2.23. The topological polar surface area (TPSA) is 107 Å². The Hall–Kier alpha value is -3.03. The summed E-state index contributed by atoms with van der Waals surface area (Å²) < 4.78 is 0. The van der Waals surface area contributed by atoms with Crippen molar-refractivity contribution >= 4 is 22.8 Å². The van der Waals surface area contributed by atoms with E-state index in [-0.39, 0.29) is 30.7 Å². The maximum absolute atomic E-state index is 12.8. The maximum atomic E-state index is 12.8. The number of fused-ring (bicyclic) bond motifs is 1. The first-order valence-electron chi connectivity index (χ1n) is 10.8. The van der Waals surface area contributed by atoms with E-state index in [1.54, 1.807) is 18.3 Å². The van der Waals surface area contributed by atoms with E-state index in [0.29, 0.717) is 23.4 Å². The minimum atomic E-state index is -0.366. The van der Waals surface area contributed by atoms with Gasteiger partial charge >= 0.3 is 0 Å². The van der Waals surface area contributed by atoms with Crippen LogP contribution in [-0.2, 0) is 6.42 Å². The van der Waals surface area contributed by atoms with Gasteiger partial charge in [-0.3, -0.25) is 4.79 Å². The number of rotatable bonds is 7. The molecule has 0 radical (unpaired) electrons. The van der Waals surface area contributed by atoms with E-state index < -0.39 is 0 Å². The van der Waals surface area contributed by atoms with Crippen molar-refractivity contribution in [3.8, 4) is 0 Å². The molecule has 4 rings (SSSR count). The Morgan fingerprint density at radius 3 is 2.61 bits per heavy atom. The molecule has 0 spiro atoms. The van der Waals surface area contributed by atoms with E-state index in [9.17, 15) is 15.0 Å². The normalized spacial score (nSPS) is 19.7. The van der Waals surface area contributed by atoms with Crippen LogP contribution in [0, 0.1) is 0 Å². The molecule has 1 fully saturated rings. The van der Waals surface area contributed by atoms with Crippen molar-refractivity contribution in [3.63, 3.8) is 0 Å². The molecule has 1 heterocycles. The molecule has 0 unspecified atom stereocenters. The molecular weight excluding hydrogens is 392 g/mol. The number of hydrogen-bond acceptors (Lipinski definition) is 6. The second kappa shape index (κ2) is 9.85. The molecule has 1 aliphatic carbocycles. The number of amides is 1. The fraction of sp³-hybridized carbons (Fsp3) is 0.375. The number of aromatic nitrogens is 2. The Kier molecular flexibility index (Phi) is 6.74. The van der Waals surface area contributed by atoms with Crippen molar-refractivity contribution in [1.29, 1.82) is 0 Å². The molecule has 31 heavy (non-hydrogen) atoms. The van der Waals surface area contributed by atoms with E-state index in [1.165, 1.54) is 0 Å². The Balaban J connectivity index is 1.44. The minimum absolute atomic E-state index is 0.138. The van der Waals surface area contributed by atoms with Crippen LogP contribution < -0.4 is 10.6 Å². The van der Waals surface area contributed by atoms with E-state index in [1.807, 2.05) is 36.4 Å². The van der Waals surface area contributed by atoms with Crippen molar-refractivity contribution in [2.75, 3.05) is 11.9 Å². The van der Waals surface area contributed by atoms with Gasteiger partial charge in [0, 0.05) is 23.2 Å². The first-order chi connectivity index (χ1) is 15.1. The molecule has 1 amide bonds. The summed E-state index contributed by atoms with van der Waals surface area (Å²) in [7, 11) is 0. The van der Waals surface area contributed by atoms with Crippen LogP contribution in [0.2, 0.25) is 0 Å². The second-order valence-corrected chi connectivity index (χ2v) is 8.16. The van der Waals surface area contributed by atoms with Crippen molar-refractivity contribution in [3.05, 3.63) is 65.9 Å². The summed E-state index contributed by atoms with van der Waals surface area (Å²) in [5, 5.41) is 26.5. The van der Waals surface area contributed by atoms with Crippen LogP contribution in [0.3, 0.4) is 0 Å². The zero-order valence-corrected chi connectivity index (χ0v) is 17.4. The molecular formula is C24H28N4O3. The van der Waals surface area contributed by atoms with E-state index >= 15 is 0 Å². The van der Waals surface area contributed by atoms with Gasteiger partial charge in [-0.2, -0.15) is 0 Å². The Morgan fingerprint density at radius 1 is 1.10 bits per heavy atom. The fourth-order valence-corrected chi connectivity index (χ4v) is 3.97. The van der Waals surface area contributed by atoms with Gasteiger partial charge in [0.2, 0.25) is 5.95 Å². The largest absolute Gasteiger partial charge is 0.394 e. The highest BCUT2D eigenvalue weighted by Gasteiger charge is 2.20. The highest BCUT2D eigenvalue weighted by Crippen LogP contribution is 2.22. The summed E-state index contributed by atoms with van der Waals surface area (Å²) >= 11 is 0. The lowest BCUT2D eigenvalue weighted by Gasteiger charge is -2.26. The van der Waals surface area contributed by atoms with Gasteiger partial charge in [-0.05, 0) is 49.8 Å². The van der Waals surface area contributed by atoms with Crippen molar-refractivity contribution < 1.29 is 15.0 Å². The number of benzene rings is 2. The van der Waals surface area contributed by atoms with Gasteiger partial charge in [0.25, 0.3) is 5.91 Å². The van der Waals surface area contributed by atoms with Crippen molar-refractivity contribution in [2.24, 2.45) is 0 Å². The molecule has 1 atom stereocenters. The predicted octanol–water partition coefficient (Wildman–Crippen LogP) is 2.68. The molecule has 1 saturated carbocycles. The molecule has 3 aromatic rings. The Labute approximate surface area is 181 Å². The highest BCUT2D eigenvalue weighted by atomic mass is 16.3. The summed E-state index contributed by atoms with van der Waals surface area (Å²) in [4.78, 5) is 21.7. The number of aliphatic hydroxyl groups is 2. The first kappa shape index (κ1) is 21.2. The molecule has 7 nitrogen and oxygen atoms in total. The summed E-state index contributed by atoms with van der Waals surface area (Å²) in [6.07, 6.45) is 5.43. The monoisotopic (exact) mass is 420 g/mol. The summed E-state index contributed by atoms with van der Waals surface area (Å²) in [6, 6.07) is 15.0. The number of carbonyl (C=O) groups is 1. The maximum Gasteiger partial charge on any atom is 0.251 e. The van der Waals surface area contributed by atoms with E-state index in [0.717, 1.165) is 36.6 Å². The molecule has 4 N–H and O–H groups in total. The lowest BCUT2D eigenvalue weighted by Crippen LogP contribution is -2.39. The average Bonchev–Trinajstić information content (AvgIpc) is 2.80. The predicted molar refractivity (Wildman–Crippen MR) is 120 cm³/mol. The number of carbonyl (C=O) groups excluding carboxylic acids is 1. The van der Waals surface area contributed by atoms with E-state index in [4.69, 9.17) is 0 Å². The molecule has 0 aliphatic heterocycles. The van der Waals surface area contributed by atoms with Crippen LogP contribution in [0.1, 0.15) is 41.6 Å². The lowest BCUT2D eigenvalue weighted by molar-refractivity contribution is 0.0916. The molecule has 0 saturated heterocycles. The number of nitrogens with zero attached hydrogens (tertiary/aromatic N) is 2. The molecule has 0 bridgehead atoms. The van der Waals surface area contributed by atoms with Gasteiger partial charge in [0.1, 0.15) is 0 Å². The second-order valence-electron chi connectivity index (χ2n) is 8.16. The van der Waals surface area contributed by atoms with Crippen LogP contribution in [0.15, 0.2) is 54.7 Å². The number of aliphatic hydroxyl groups excluding tert-OH is 2. The van der Waals surface area contributed by atoms with E-state index in [2.05, 4.69) is 20.6 Å². The van der Waals surface area contributed by atoms with Gasteiger partial charge in [0.05, 0.1) is 24.3 Å². The number of anilines is 1. The van der Waals surface area contributed by atoms with Crippen LogP contribution >= 0.6 is 0 Å². The van der Waals surface area contributed by atoms with Crippen LogP contribution in [-0.4, -0.2) is 50.9 Å². The smallest absolute Gasteiger partial charge is 0.251 e. The third-order valence-electron chi connectivity index (χ3n) is 5.76. The third-order valence-corrected chi connectivity index (χ3v) is 5.76. The minimum Gasteiger partial charge on any atom is -0.394 e. The zero-order valence-electron chi connectivity index (χ0n) is 17.4. The standard InChI is InChI=1S/C24H28N4O3/c29-15-20(12-16-4-2-1-3-5-16)26-23(31)17-6-7-18-14-25-24(28-22(18)13-17)27-19-8-10-21(30)11-9-19/h1-7,13-14,19-21,29-30H,8-12,15H2,(H,26,31)(H,25,27,28)/t19-,20-,21-/m0/s1. The number of hydrogen-bond donors (Lipinski definition) is 4. The molecule has 7 heteroatoms. The van der Waals surface area contributed by atoms with Crippen LogP contribution in [0.4, 0.5) is 5.95 Å². The Bertz CT molecular complexity index is 1020. The molecule has 162 valence electrons. The van der Waals surface area contributed by atoms with Gasteiger partial charge in [-0.1, -0.05) is 36.4 Å². The van der Waals surface area contributed by atoms with Crippen LogP contribution in [0.25, 0.3) is 10.9 Å². The quantitative estimate of drug-likeness (QED) is 0.468. The average molecular weight is 421 g/mol. The third kappa shape index (κ3) is 5.57. The first-order valence-corrected chi connectivity index (χ1v) is 10.8. The van der Waals surface area contributed by atoms with Gasteiger partial charge in [0.15, 0.2) is 0 Å². The van der Waals surface area contributed by atoms with Crippen molar-refractivity contribution in [2.45, 2.75) is 50.3 Å². The lowest BCUT2D eigenvalue weighted by atomic mass is 9.93.